The third-order valence-corrected chi connectivity index (χ3v) is 2.67. The Morgan fingerprint density at radius 1 is 1.29 bits per heavy atom. The molecule has 1 rings (SSSR count). The van der Waals surface area contributed by atoms with Crippen LogP contribution in [0.5, 0.6) is 11.5 Å². The van der Waals surface area contributed by atoms with E-state index in [1.165, 1.54) is 0 Å². The van der Waals surface area contributed by atoms with Gasteiger partial charge in [0.25, 0.3) is 0 Å². The van der Waals surface area contributed by atoms with Crippen molar-refractivity contribution in [1.82, 2.24) is 0 Å². The van der Waals surface area contributed by atoms with Crippen LogP contribution < -0.4 is 4.74 Å². The van der Waals surface area contributed by atoms with Gasteiger partial charge in [0, 0.05) is 23.4 Å². The van der Waals surface area contributed by atoms with E-state index in [0.29, 0.717) is 5.56 Å². The first kappa shape index (κ1) is 21.0. The number of benzene rings is 1. The van der Waals surface area contributed by atoms with Gasteiger partial charge >= 0.3 is 37.9 Å². The van der Waals surface area contributed by atoms with Gasteiger partial charge in [-0.3, -0.25) is 4.99 Å². The number of methoxy groups -OCH3 is 1. The van der Waals surface area contributed by atoms with E-state index in [9.17, 15) is 5.11 Å². The molecule has 0 heterocycles. The van der Waals surface area contributed by atoms with Crippen LogP contribution >= 0.6 is 17.0 Å². The van der Waals surface area contributed by atoms with Gasteiger partial charge in [0.15, 0.2) is 0 Å². The van der Waals surface area contributed by atoms with Gasteiger partial charge in [-0.1, -0.05) is 20.8 Å². The molecule has 0 atom stereocenters. The number of rotatable bonds is 3. The molecule has 0 spiro atoms. The summed E-state index contributed by atoms with van der Waals surface area (Å²) in [5, 5.41) is 10.3. The Morgan fingerprint density at radius 2 is 1.81 bits per heavy atom. The zero-order chi connectivity index (χ0) is 16.6. The summed E-state index contributed by atoms with van der Waals surface area (Å²) in [4.78, 5) is 4.31. The van der Waals surface area contributed by atoms with Crippen LogP contribution in [0.25, 0.3) is 0 Å². The second-order valence-electron chi connectivity index (χ2n) is 5.81. The fourth-order valence-corrected chi connectivity index (χ4v) is 1.65. The number of hydrogen-bond acceptors (Lipinski definition) is 3. The van der Waals surface area contributed by atoms with E-state index in [2.05, 4.69) is 25.8 Å². The molecule has 0 bridgehead atoms. The first-order valence-corrected chi connectivity index (χ1v) is 12.9. The zero-order valence-corrected chi connectivity index (χ0v) is 17.3. The number of nitrogens with zero attached hydrogens (tertiary/aromatic N) is 1. The number of hydrogen-bond donors (Lipinski definition) is 1. The van der Waals surface area contributed by atoms with Crippen molar-refractivity contribution in [2.75, 3.05) is 7.11 Å². The Hall–Kier alpha value is -0.0469. The molecule has 0 radical (unpaired) electrons. The molecule has 6 heteroatoms. The fraction of sp³-hybridized carbons (Fsp3) is 0.533. The fourth-order valence-electron chi connectivity index (χ4n) is 1.65. The molecule has 0 aliphatic carbocycles. The van der Waals surface area contributed by atoms with Crippen molar-refractivity contribution in [2.45, 2.75) is 46.1 Å². The molecule has 0 amide bonds. The van der Waals surface area contributed by atoms with Crippen LogP contribution in [0.1, 0.15) is 45.7 Å². The van der Waals surface area contributed by atoms with Crippen molar-refractivity contribution >= 4 is 23.2 Å². The Labute approximate surface area is 146 Å². The number of ether oxygens (including phenoxy) is 1. The van der Waals surface area contributed by atoms with Gasteiger partial charge in [-0.05, 0) is 31.4 Å². The van der Waals surface area contributed by atoms with Crippen LogP contribution in [0.15, 0.2) is 17.1 Å². The minimum absolute atomic E-state index is 0.140. The summed E-state index contributed by atoms with van der Waals surface area (Å²) in [6.07, 6.45) is 1.71. The van der Waals surface area contributed by atoms with Crippen molar-refractivity contribution in [3.63, 3.8) is 0 Å². The molecule has 0 saturated heterocycles. The van der Waals surface area contributed by atoms with Crippen molar-refractivity contribution in [3.05, 3.63) is 23.3 Å². The molecular weight excluding hydrogens is 388 g/mol. The molecule has 0 fully saturated rings. The van der Waals surface area contributed by atoms with Crippen molar-refractivity contribution in [1.29, 1.82) is 0 Å². The molecule has 0 saturated carbocycles. The van der Waals surface area contributed by atoms with E-state index >= 15 is 0 Å². The van der Waals surface area contributed by atoms with E-state index in [-0.39, 0.29) is 17.2 Å². The predicted molar refractivity (Wildman–Crippen MR) is 87.8 cm³/mol. The summed E-state index contributed by atoms with van der Waals surface area (Å²) in [6.45, 7) is 10.2. The summed E-state index contributed by atoms with van der Waals surface area (Å²) < 4.78 is 5.28. The average Bonchev–Trinajstić information content (AvgIpc) is 2.37. The van der Waals surface area contributed by atoms with Gasteiger partial charge in [0.1, 0.15) is 11.5 Å². The molecule has 3 nitrogen and oxygen atoms in total. The van der Waals surface area contributed by atoms with Crippen LogP contribution in [0.3, 0.4) is 0 Å². The molecule has 0 aliphatic rings. The van der Waals surface area contributed by atoms with Gasteiger partial charge in [-0.2, -0.15) is 0 Å². The molecule has 1 aromatic rings. The van der Waals surface area contributed by atoms with Crippen molar-refractivity contribution < 1.29 is 30.7 Å². The van der Waals surface area contributed by atoms with Crippen LogP contribution in [-0.2, 0) is 26.3 Å². The first-order chi connectivity index (χ1) is 9.67. The molecular formula is C15H23Cl2NO2Zr. The normalized spacial score (nSPS) is 11.3. The van der Waals surface area contributed by atoms with Crippen LogP contribution in [0.2, 0.25) is 0 Å². The second kappa shape index (κ2) is 9.87. The quantitative estimate of drug-likeness (QED) is 0.719. The second-order valence-corrected chi connectivity index (χ2v) is 9.54. The molecule has 1 N–H and O–H groups in total. The Balaban J connectivity index is 0.00000122. The van der Waals surface area contributed by atoms with E-state index in [0.717, 1.165) is 11.3 Å². The third kappa shape index (κ3) is 7.67. The Bertz CT molecular complexity index is 471. The summed E-state index contributed by atoms with van der Waals surface area (Å²) in [7, 11) is 11.5. The number of phenolic OH excluding ortho intramolecular Hbond substituents is 1. The molecule has 0 unspecified atom stereocenters. The van der Waals surface area contributed by atoms with Crippen molar-refractivity contribution in [2.24, 2.45) is 4.99 Å². The van der Waals surface area contributed by atoms with Crippen LogP contribution in [-0.4, -0.2) is 24.5 Å². The van der Waals surface area contributed by atoms with Gasteiger partial charge < -0.3 is 9.84 Å². The van der Waals surface area contributed by atoms with Crippen molar-refractivity contribution in [3.8, 4) is 11.5 Å². The number of halogens is 2. The van der Waals surface area contributed by atoms with E-state index in [1.54, 1.807) is 19.4 Å². The number of aromatic hydroxyl groups is 1. The zero-order valence-electron chi connectivity index (χ0n) is 13.4. The Kier molecular flexibility index (Phi) is 9.84. The molecule has 1 aromatic carbocycles. The van der Waals surface area contributed by atoms with Crippen LogP contribution in [0.4, 0.5) is 0 Å². The van der Waals surface area contributed by atoms with Gasteiger partial charge in [0.2, 0.25) is 0 Å². The summed E-state index contributed by atoms with van der Waals surface area (Å²) >= 11 is -0.826. The number of phenols is 1. The molecule has 118 valence electrons. The summed E-state index contributed by atoms with van der Waals surface area (Å²) in [5.74, 6) is 1.02. The van der Waals surface area contributed by atoms with E-state index in [4.69, 9.17) is 21.8 Å². The molecule has 0 aliphatic heterocycles. The topological polar surface area (TPSA) is 41.8 Å². The maximum atomic E-state index is 10.3. The molecule has 0 aromatic heterocycles. The van der Waals surface area contributed by atoms with Gasteiger partial charge in [-0.25, -0.2) is 0 Å². The number of aliphatic imine (C=N–C) groups is 1. The maximum absolute atomic E-state index is 10.3. The van der Waals surface area contributed by atoms with E-state index < -0.39 is 20.8 Å². The Morgan fingerprint density at radius 3 is 2.19 bits per heavy atom. The third-order valence-electron chi connectivity index (χ3n) is 2.67. The average molecular weight is 411 g/mol. The van der Waals surface area contributed by atoms with Gasteiger partial charge in [0.05, 0.1) is 7.11 Å². The predicted octanol–water partition coefficient (Wildman–Crippen LogP) is 4.90. The monoisotopic (exact) mass is 409 g/mol. The van der Waals surface area contributed by atoms with E-state index in [1.807, 2.05) is 19.9 Å². The summed E-state index contributed by atoms with van der Waals surface area (Å²) in [5.41, 5.74) is 1.43. The minimum atomic E-state index is -0.826. The van der Waals surface area contributed by atoms with Gasteiger partial charge in [-0.15, -0.1) is 0 Å². The van der Waals surface area contributed by atoms with Crippen LogP contribution in [0, 0.1) is 0 Å². The summed E-state index contributed by atoms with van der Waals surface area (Å²) in [6, 6.07) is 3.88. The SMILES string of the molecule is COc1cc(C=NC(C)C)c(O)c(C(C)(C)C)c1.[Cl][Zr][Cl]. The molecule has 21 heavy (non-hydrogen) atoms. The first-order valence-electron chi connectivity index (χ1n) is 6.58. The standard InChI is InChI=1S/C15H23NO2.2ClH.Zr/c1-10(2)16-9-11-7-12(18-6)8-13(14(11)17)15(3,4)5;;;/h7-10,17H,1-6H3;2*1H;/q;;;+2/p-2.